The van der Waals surface area contributed by atoms with Gasteiger partial charge in [0.05, 0.1) is 32.0 Å². The molecule has 2 aromatic carbocycles. The number of hydrogen-bond donors (Lipinski definition) is 3. The topological polar surface area (TPSA) is 92.3 Å². The van der Waals surface area contributed by atoms with Crippen molar-refractivity contribution < 1.29 is 24.1 Å². The Labute approximate surface area is 249 Å². The molecule has 6 aliphatic rings. The fraction of sp³-hybridized carbons (Fsp3) is 0.618. The molecule has 4 bridgehead atoms. The molecule has 2 amide bonds. The molecule has 6 fully saturated rings. The van der Waals surface area contributed by atoms with Gasteiger partial charge >= 0.3 is 6.03 Å². The molecule has 0 unspecified atom stereocenters. The summed E-state index contributed by atoms with van der Waals surface area (Å²) in [4.78, 5) is 15.5. The highest BCUT2D eigenvalue weighted by Gasteiger charge is 2.51. The number of carbonyl (C=O) groups excluding carboxylic acids is 1. The molecule has 226 valence electrons. The molecule has 2 heterocycles. The molecule has 8 nitrogen and oxygen atoms in total. The summed E-state index contributed by atoms with van der Waals surface area (Å²) < 4.78 is 18.8. The van der Waals surface area contributed by atoms with Crippen LogP contribution in [0.25, 0.3) is 0 Å². The number of nitrogens with one attached hydrogen (secondary N) is 2. The van der Waals surface area contributed by atoms with Gasteiger partial charge in [0.2, 0.25) is 0 Å². The number of morpholine rings is 1. The molecule has 4 atom stereocenters. The summed E-state index contributed by atoms with van der Waals surface area (Å²) in [6, 6.07) is 15.8. The zero-order valence-electron chi connectivity index (χ0n) is 24.7. The maximum Gasteiger partial charge on any atom is 0.319 e. The van der Waals surface area contributed by atoms with Crippen LogP contribution in [-0.2, 0) is 20.8 Å². The molecule has 4 aliphatic carbocycles. The fourth-order valence-corrected chi connectivity index (χ4v) is 8.76. The summed E-state index contributed by atoms with van der Waals surface area (Å²) >= 11 is 0. The van der Waals surface area contributed by atoms with Gasteiger partial charge in [-0.15, -0.1) is 0 Å². The monoisotopic (exact) mass is 575 g/mol. The average molecular weight is 576 g/mol. The Kier molecular flexibility index (Phi) is 8.01. The Morgan fingerprint density at radius 1 is 0.905 bits per heavy atom. The largest absolute Gasteiger partial charge is 0.392 e. The first-order chi connectivity index (χ1) is 20.4. The van der Waals surface area contributed by atoms with E-state index < -0.39 is 6.29 Å². The summed E-state index contributed by atoms with van der Waals surface area (Å²) in [5, 5.41) is 16.0. The second-order valence-corrected chi connectivity index (χ2v) is 13.6. The lowest BCUT2D eigenvalue weighted by atomic mass is 9.53. The van der Waals surface area contributed by atoms with Crippen molar-refractivity contribution in [1.82, 2.24) is 10.2 Å². The number of benzene rings is 2. The predicted molar refractivity (Wildman–Crippen MR) is 160 cm³/mol. The lowest BCUT2D eigenvalue weighted by molar-refractivity contribution is -0.277. The minimum atomic E-state index is -0.523. The molecular formula is C34H45N3O5. The van der Waals surface area contributed by atoms with E-state index in [1.54, 1.807) is 0 Å². The molecule has 2 aliphatic heterocycles. The summed E-state index contributed by atoms with van der Waals surface area (Å²) in [5.41, 5.74) is 3.65. The molecule has 8 rings (SSSR count). The van der Waals surface area contributed by atoms with Gasteiger partial charge in [-0.25, -0.2) is 4.79 Å². The van der Waals surface area contributed by atoms with Crippen molar-refractivity contribution >= 4 is 11.7 Å². The molecule has 2 aromatic rings. The maximum atomic E-state index is 13.1. The number of ether oxygens (including phenoxy) is 3. The van der Waals surface area contributed by atoms with Crippen molar-refractivity contribution in [3.8, 4) is 0 Å². The molecule has 2 saturated heterocycles. The van der Waals surface area contributed by atoms with Crippen LogP contribution in [0.2, 0.25) is 0 Å². The molecule has 4 saturated carbocycles. The minimum absolute atomic E-state index is 0.0148. The van der Waals surface area contributed by atoms with Gasteiger partial charge in [-0.1, -0.05) is 43.3 Å². The van der Waals surface area contributed by atoms with E-state index in [2.05, 4.69) is 34.6 Å². The summed E-state index contributed by atoms with van der Waals surface area (Å²) in [5.74, 6) is 2.51. The highest BCUT2D eigenvalue weighted by molar-refractivity contribution is 5.89. The van der Waals surface area contributed by atoms with Crippen LogP contribution in [0.15, 0.2) is 48.5 Å². The minimum Gasteiger partial charge on any atom is -0.392 e. The first-order valence-electron chi connectivity index (χ1n) is 15.9. The van der Waals surface area contributed by atoms with Crippen molar-refractivity contribution in [2.24, 2.45) is 23.7 Å². The quantitative estimate of drug-likeness (QED) is 0.410. The Hall–Kier alpha value is -2.49. The second kappa shape index (κ2) is 11.9. The second-order valence-electron chi connectivity index (χ2n) is 13.6. The van der Waals surface area contributed by atoms with Crippen molar-refractivity contribution in [2.75, 3.05) is 38.2 Å². The highest BCUT2D eigenvalue weighted by Crippen LogP contribution is 2.55. The Morgan fingerprint density at radius 2 is 1.52 bits per heavy atom. The molecular weight excluding hydrogens is 530 g/mol. The van der Waals surface area contributed by atoms with E-state index in [1.807, 2.05) is 36.4 Å². The summed E-state index contributed by atoms with van der Waals surface area (Å²) in [7, 11) is 0. The van der Waals surface area contributed by atoms with Crippen LogP contribution < -0.4 is 10.6 Å². The number of rotatable bonds is 7. The maximum absolute atomic E-state index is 13.1. The summed E-state index contributed by atoms with van der Waals surface area (Å²) in [6.07, 6.45) is 6.79. The zero-order valence-corrected chi connectivity index (χ0v) is 24.7. The van der Waals surface area contributed by atoms with Gasteiger partial charge in [0, 0.05) is 42.3 Å². The number of aliphatic hydroxyl groups is 1. The van der Waals surface area contributed by atoms with Crippen LogP contribution >= 0.6 is 0 Å². The van der Waals surface area contributed by atoms with E-state index in [1.165, 1.54) is 19.3 Å². The van der Waals surface area contributed by atoms with Crippen LogP contribution in [0.3, 0.4) is 0 Å². The Balaban J connectivity index is 1.04. The number of amides is 2. The van der Waals surface area contributed by atoms with Gasteiger partial charge in [-0.3, -0.25) is 4.90 Å². The van der Waals surface area contributed by atoms with E-state index in [4.69, 9.17) is 14.2 Å². The average Bonchev–Trinajstić information content (AvgIpc) is 2.98. The van der Waals surface area contributed by atoms with Crippen LogP contribution in [0.4, 0.5) is 10.5 Å². The van der Waals surface area contributed by atoms with E-state index in [0.717, 1.165) is 92.2 Å². The molecule has 3 N–H and O–H groups in total. The molecule has 42 heavy (non-hydrogen) atoms. The fourth-order valence-electron chi connectivity index (χ4n) is 8.76. The van der Waals surface area contributed by atoms with Gasteiger partial charge in [0.1, 0.15) is 0 Å². The zero-order chi connectivity index (χ0) is 28.7. The number of urea groups is 1. The van der Waals surface area contributed by atoms with Crippen molar-refractivity contribution in [2.45, 2.75) is 76.1 Å². The normalized spacial score (nSPS) is 36.1. The first-order valence-corrected chi connectivity index (χ1v) is 15.9. The number of anilines is 1. The SMILES string of the molecule is C[C@H]1[C@@H](CN2CCOCC2)O[C@@H](c2ccc(NC(=O)NC34CC5CC(CC(C5)C3)C4)cc2)O[C@H]1c1ccc(CO)cc1. The Morgan fingerprint density at radius 3 is 2.14 bits per heavy atom. The number of aliphatic hydroxyl groups excluding tert-OH is 1. The third-order valence-corrected chi connectivity index (χ3v) is 10.5. The van der Waals surface area contributed by atoms with E-state index in [-0.39, 0.29) is 36.3 Å². The number of nitrogens with zero attached hydrogens (tertiary/aromatic N) is 1. The van der Waals surface area contributed by atoms with Gasteiger partial charge in [0.15, 0.2) is 6.29 Å². The van der Waals surface area contributed by atoms with Gasteiger partial charge in [0.25, 0.3) is 0 Å². The smallest absolute Gasteiger partial charge is 0.319 e. The van der Waals surface area contributed by atoms with E-state index >= 15 is 0 Å². The number of hydrogen-bond acceptors (Lipinski definition) is 6. The third kappa shape index (κ3) is 5.97. The highest BCUT2D eigenvalue weighted by atomic mass is 16.7. The molecule has 0 radical (unpaired) electrons. The van der Waals surface area contributed by atoms with Crippen molar-refractivity contribution in [3.63, 3.8) is 0 Å². The van der Waals surface area contributed by atoms with Crippen LogP contribution in [0.5, 0.6) is 0 Å². The van der Waals surface area contributed by atoms with Crippen molar-refractivity contribution in [3.05, 3.63) is 65.2 Å². The standard InChI is InChI=1S/C34H45N3O5/c1-22-30(20-37-10-12-40-13-11-37)41-32(42-31(22)27-4-2-23(21-38)3-5-27)28-6-8-29(9-7-28)35-33(39)36-34-17-24-14-25(18-34)16-26(15-24)19-34/h2-9,22,24-26,30-32,38H,10-21H2,1H3,(H2,35,36,39)/t22-,24?,25?,26?,30+,31+,32+,34?/m0/s1. The molecule has 0 aromatic heterocycles. The van der Waals surface area contributed by atoms with E-state index in [0.29, 0.717) is 0 Å². The third-order valence-electron chi connectivity index (χ3n) is 10.5. The van der Waals surface area contributed by atoms with Gasteiger partial charge < -0.3 is 30.0 Å². The molecule has 0 spiro atoms. The van der Waals surface area contributed by atoms with E-state index in [9.17, 15) is 9.90 Å². The van der Waals surface area contributed by atoms with Crippen LogP contribution in [0.1, 0.15) is 74.5 Å². The summed E-state index contributed by atoms with van der Waals surface area (Å²) in [6.45, 7) is 6.34. The van der Waals surface area contributed by atoms with Gasteiger partial charge in [-0.05, 0) is 79.5 Å². The predicted octanol–water partition coefficient (Wildman–Crippen LogP) is 5.39. The molecule has 8 heteroatoms. The van der Waals surface area contributed by atoms with Crippen LogP contribution in [-0.4, -0.2) is 60.5 Å². The first kappa shape index (κ1) is 28.3. The van der Waals surface area contributed by atoms with Crippen LogP contribution in [0, 0.1) is 23.7 Å². The van der Waals surface area contributed by atoms with Gasteiger partial charge in [-0.2, -0.15) is 0 Å². The lowest BCUT2D eigenvalue weighted by Gasteiger charge is -2.56. The lowest BCUT2D eigenvalue weighted by Crippen LogP contribution is -2.60. The Bertz CT molecular complexity index is 1190. The number of carbonyl (C=O) groups is 1. The van der Waals surface area contributed by atoms with Crippen molar-refractivity contribution in [1.29, 1.82) is 0 Å².